The standard InChI is InChI=1S/C12H15F3N6O2/c1-20-6-7(10(19-20)12(13,14)15)18-11(23)16-5-9(22)8-3-4-17-21(8)2/h3-4,6,9,22H,5H2,1-2H3,(H2,16,18,23). The molecule has 126 valence electrons. The van der Waals surface area contributed by atoms with Gasteiger partial charge >= 0.3 is 12.2 Å². The van der Waals surface area contributed by atoms with Gasteiger partial charge in [-0.3, -0.25) is 9.36 Å². The van der Waals surface area contributed by atoms with Crippen LogP contribution in [0, 0.1) is 0 Å². The zero-order valence-corrected chi connectivity index (χ0v) is 12.3. The van der Waals surface area contributed by atoms with Crippen LogP contribution in [0.15, 0.2) is 18.5 Å². The molecular weight excluding hydrogens is 317 g/mol. The lowest BCUT2D eigenvalue weighted by molar-refractivity contribution is -0.140. The van der Waals surface area contributed by atoms with Gasteiger partial charge in [-0.15, -0.1) is 0 Å². The second kappa shape index (κ2) is 6.28. The Bertz CT molecular complexity index is 693. The van der Waals surface area contributed by atoms with Crippen LogP contribution in [0.5, 0.6) is 0 Å². The van der Waals surface area contributed by atoms with E-state index in [4.69, 9.17) is 0 Å². The molecule has 1 atom stereocenters. The van der Waals surface area contributed by atoms with E-state index >= 15 is 0 Å². The van der Waals surface area contributed by atoms with E-state index in [9.17, 15) is 23.1 Å². The van der Waals surface area contributed by atoms with Gasteiger partial charge < -0.3 is 15.7 Å². The third kappa shape index (κ3) is 4.00. The fraction of sp³-hybridized carbons (Fsp3) is 0.417. The minimum atomic E-state index is -4.68. The lowest BCUT2D eigenvalue weighted by Gasteiger charge is -2.13. The van der Waals surface area contributed by atoms with Gasteiger partial charge in [0, 0.05) is 26.5 Å². The number of hydrogen-bond donors (Lipinski definition) is 3. The summed E-state index contributed by atoms with van der Waals surface area (Å²) in [5, 5.41) is 21.4. The van der Waals surface area contributed by atoms with Gasteiger partial charge in [-0.2, -0.15) is 23.4 Å². The van der Waals surface area contributed by atoms with Crippen molar-refractivity contribution in [2.45, 2.75) is 12.3 Å². The number of carbonyl (C=O) groups is 1. The van der Waals surface area contributed by atoms with Gasteiger partial charge in [-0.05, 0) is 6.07 Å². The first-order valence-electron chi connectivity index (χ1n) is 6.50. The van der Waals surface area contributed by atoms with Gasteiger partial charge in [0.25, 0.3) is 0 Å². The molecule has 2 rings (SSSR count). The summed E-state index contributed by atoms with van der Waals surface area (Å²) in [4.78, 5) is 11.7. The number of aromatic nitrogens is 4. The van der Waals surface area contributed by atoms with E-state index in [0.717, 1.165) is 10.9 Å². The zero-order valence-electron chi connectivity index (χ0n) is 12.3. The van der Waals surface area contributed by atoms with Crippen molar-refractivity contribution in [2.24, 2.45) is 14.1 Å². The quantitative estimate of drug-likeness (QED) is 0.779. The summed E-state index contributed by atoms with van der Waals surface area (Å²) in [5.41, 5.74) is -1.20. The van der Waals surface area contributed by atoms with Crippen LogP contribution in [0.1, 0.15) is 17.5 Å². The Balaban J connectivity index is 1.97. The molecule has 0 aliphatic heterocycles. The number of aliphatic hydroxyl groups is 1. The Kier molecular flexibility index (Phi) is 4.59. The number of anilines is 1. The van der Waals surface area contributed by atoms with Gasteiger partial charge in [0.1, 0.15) is 6.10 Å². The van der Waals surface area contributed by atoms with E-state index in [1.165, 1.54) is 17.9 Å². The number of carbonyl (C=O) groups excluding carboxylic acids is 1. The molecule has 0 spiro atoms. The number of amides is 2. The summed E-state index contributed by atoms with van der Waals surface area (Å²) in [6.45, 7) is -0.188. The molecule has 0 aromatic carbocycles. The molecular formula is C12H15F3N6O2. The maximum absolute atomic E-state index is 12.8. The molecule has 8 nitrogen and oxygen atoms in total. The lowest BCUT2D eigenvalue weighted by Crippen LogP contribution is -2.33. The van der Waals surface area contributed by atoms with Gasteiger partial charge in [0.2, 0.25) is 0 Å². The minimum absolute atomic E-state index is 0.188. The summed E-state index contributed by atoms with van der Waals surface area (Å²) < 4.78 is 40.6. The molecule has 3 N–H and O–H groups in total. The molecule has 0 saturated heterocycles. The van der Waals surface area contributed by atoms with Crippen molar-refractivity contribution in [3.8, 4) is 0 Å². The van der Waals surface area contributed by atoms with Crippen LogP contribution in [-0.4, -0.2) is 37.2 Å². The molecule has 2 aromatic heterocycles. The average molecular weight is 332 g/mol. The molecule has 2 aromatic rings. The van der Waals surface area contributed by atoms with Crippen LogP contribution >= 0.6 is 0 Å². The molecule has 1 unspecified atom stereocenters. The summed E-state index contributed by atoms with van der Waals surface area (Å²) in [6, 6.07) is 0.678. The normalized spacial score (nSPS) is 13.0. The Morgan fingerprint density at radius 1 is 1.43 bits per heavy atom. The number of rotatable bonds is 4. The Hall–Kier alpha value is -2.56. The van der Waals surface area contributed by atoms with Gasteiger partial charge in [-0.1, -0.05) is 0 Å². The van der Waals surface area contributed by atoms with E-state index in [0.29, 0.717) is 5.69 Å². The molecule has 23 heavy (non-hydrogen) atoms. The van der Waals surface area contributed by atoms with Crippen LogP contribution in [0.2, 0.25) is 0 Å². The highest BCUT2D eigenvalue weighted by Gasteiger charge is 2.37. The van der Waals surface area contributed by atoms with Crippen molar-refractivity contribution >= 4 is 11.7 Å². The largest absolute Gasteiger partial charge is 0.437 e. The van der Waals surface area contributed by atoms with Crippen LogP contribution in [0.3, 0.4) is 0 Å². The average Bonchev–Trinajstić information content (AvgIpc) is 3.01. The molecule has 2 amide bonds. The first-order chi connectivity index (χ1) is 10.7. The SMILES string of the molecule is Cn1cc(NC(=O)NCC(O)c2ccnn2C)c(C(F)(F)F)n1. The number of nitrogens with zero attached hydrogens (tertiary/aromatic N) is 4. The number of aryl methyl sites for hydroxylation is 2. The molecule has 0 aliphatic carbocycles. The third-order valence-electron chi connectivity index (χ3n) is 3.00. The Morgan fingerprint density at radius 2 is 2.13 bits per heavy atom. The molecule has 0 fully saturated rings. The number of halogens is 3. The summed E-state index contributed by atoms with van der Waals surface area (Å²) in [5.74, 6) is 0. The first-order valence-corrected chi connectivity index (χ1v) is 6.50. The fourth-order valence-electron chi connectivity index (χ4n) is 1.96. The van der Waals surface area contributed by atoms with E-state index < -0.39 is 29.7 Å². The molecule has 0 saturated carbocycles. The van der Waals surface area contributed by atoms with Crippen LogP contribution in [0.25, 0.3) is 0 Å². The van der Waals surface area contributed by atoms with E-state index in [1.54, 1.807) is 13.1 Å². The van der Waals surface area contributed by atoms with Crippen molar-refractivity contribution in [3.63, 3.8) is 0 Å². The highest BCUT2D eigenvalue weighted by atomic mass is 19.4. The summed E-state index contributed by atoms with van der Waals surface area (Å²) in [6.07, 6.45) is -3.20. The van der Waals surface area contributed by atoms with Crippen molar-refractivity contribution in [1.29, 1.82) is 0 Å². The smallest absolute Gasteiger partial charge is 0.385 e. The number of nitrogens with one attached hydrogen (secondary N) is 2. The van der Waals surface area contributed by atoms with Crippen molar-refractivity contribution < 1.29 is 23.1 Å². The zero-order chi connectivity index (χ0) is 17.2. The topological polar surface area (TPSA) is 97.0 Å². The fourth-order valence-corrected chi connectivity index (χ4v) is 1.96. The molecule has 2 heterocycles. The van der Waals surface area contributed by atoms with Crippen molar-refractivity contribution in [2.75, 3.05) is 11.9 Å². The maximum atomic E-state index is 12.8. The minimum Gasteiger partial charge on any atom is -0.385 e. The molecule has 0 aliphatic rings. The highest BCUT2D eigenvalue weighted by Crippen LogP contribution is 2.33. The number of aliphatic hydroxyl groups excluding tert-OH is 1. The molecule has 11 heteroatoms. The first kappa shape index (κ1) is 16.8. The summed E-state index contributed by atoms with van der Waals surface area (Å²) >= 11 is 0. The second-order valence-corrected chi connectivity index (χ2v) is 4.79. The number of alkyl halides is 3. The monoisotopic (exact) mass is 332 g/mol. The van der Waals surface area contributed by atoms with E-state index in [-0.39, 0.29) is 6.54 Å². The Labute approximate surface area is 128 Å². The molecule has 0 bridgehead atoms. The van der Waals surface area contributed by atoms with Gasteiger partial charge in [0.05, 0.1) is 17.9 Å². The predicted molar refractivity (Wildman–Crippen MR) is 73.4 cm³/mol. The van der Waals surface area contributed by atoms with Gasteiger partial charge in [0.15, 0.2) is 5.69 Å². The van der Waals surface area contributed by atoms with E-state index in [1.807, 2.05) is 0 Å². The highest BCUT2D eigenvalue weighted by molar-refractivity contribution is 5.89. The van der Waals surface area contributed by atoms with Gasteiger partial charge in [-0.25, -0.2) is 4.79 Å². The third-order valence-corrected chi connectivity index (χ3v) is 3.00. The van der Waals surface area contributed by atoms with Crippen LogP contribution < -0.4 is 10.6 Å². The Morgan fingerprint density at radius 3 is 2.70 bits per heavy atom. The second-order valence-electron chi connectivity index (χ2n) is 4.79. The van der Waals surface area contributed by atoms with Crippen molar-refractivity contribution in [3.05, 3.63) is 29.8 Å². The predicted octanol–water partition coefficient (Wildman–Crippen LogP) is 1.03. The maximum Gasteiger partial charge on any atom is 0.437 e. The summed E-state index contributed by atoms with van der Waals surface area (Å²) in [7, 11) is 2.92. The number of urea groups is 1. The lowest BCUT2D eigenvalue weighted by atomic mass is 10.2. The van der Waals surface area contributed by atoms with Crippen molar-refractivity contribution in [1.82, 2.24) is 24.9 Å². The number of hydrogen-bond acceptors (Lipinski definition) is 4. The van der Waals surface area contributed by atoms with Crippen LogP contribution in [0.4, 0.5) is 23.7 Å². The van der Waals surface area contributed by atoms with Crippen LogP contribution in [-0.2, 0) is 20.3 Å². The van der Waals surface area contributed by atoms with E-state index in [2.05, 4.69) is 20.8 Å². The molecule has 0 radical (unpaired) electrons.